The number of halogens is 2. The molecule has 0 aromatic rings. The Morgan fingerprint density at radius 3 is 2.18 bits per heavy atom. The molecule has 0 aliphatic heterocycles. The van der Waals surface area contributed by atoms with Gasteiger partial charge >= 0.3 is 172 Å². The quantitative estimate of drug-likeness (QED) is 0.327. The van der Waals surface area contributed by atoms with Crippen molar-refractivity contribution in [2.45, 2.75) is 79.9 Å². The van der Waals surface area contributed by atoms with Gasteiger partial charge in [0, 0.05) is 0 Å². The first-order chi connectivity index (χ1) is 12.0. The van der Waals surface area contributed by atoms with Gasteiger partial charge in [-0.15, -0.1) is 0 Å². The van der Waals surface area contributed by atoms with Crippen molar-refractivity contribution >= 4 is 0 Å². The molecule has 157 valence electrons. The molecular weight excluding hydrogens is 427 g/mol. The summed E-state index contributed by atoms with van der Waals surface area (Å²) in [6.07, 6.45) is 12.8. The van der Waals surface area contributed by atoms with Gasteiger partial charge in [-0.1, -0.05) is 0 Å². The maximum atomic E-state index is 6.66. The molecule has 2 aliphatic rings. The minimum atomic E-state index is -0.701. The normalized spacial score (nSPS) is 22.3. The van der Waals surface area contributed by atoms with Crippen LogP contribution in [0.25, 0.3) is 0 Å². The van der Waals surface area contributed by atoms with E-state index in [0.717, 1.165) is 38.0 Å². The Kier molecular flexibility index (Phi) is 10.9. The minimum Gasteiger partial charge on any atom is -1.00 e. The van der Waals surface area contributed by atoms with Crippen LogP contribution in [0.3, 0.4) is 0 Å². The summed E-state index contributed by atoms with van der Waals surface area (Å²) in [6.45, 7) is 16.5. The molecule has 0 aromatic heterocycles. The standard InChI is InChI=1S/C23H35O2.2ClH.Ti/c1-8-9-16-24-23(25-19-12-10-11-13-19)15-14-18(21(2,3)4)17-20(23)22(5,6)7;;;/h10,12,14,17H,8-9,11,15-16H2,1-7H3;2*1H;/q;;;+2/p-2. The van der Waals surface area contributed by atoms with Crippen molar-refractivity contribution < 1.29 is 54.7 Å². The topological polar surface area (TPSA) is 18.5 Å². The van der Waals surface area contributed by atoms with E-state index in [1.807, 2.05) is 0 Å². The van der Waals surface area contributed by atoms with E-state index in [1.165, 1.54) is 15.0 Å². The van der Waals surface area contributed by atoms with Crippen LogP contribution in [0.15, 0.2) is 45.1 Å². The molecule has 1 unspecified atom stereocenters. The van der Waals surface area contributed by atoms with Crippen LogP contribution < -0.4 is 24.8 Å². The summed E-state index contributed by atoms with van der Waals surface area (Å²) in [5, 5.41) is 0. The predicted molar refractivity (Wildman–Crippen MR) is 105 cm³/mol. The van der Waals surface area contributed by atoms with E-state index >= 15 is 0 Å². The van der Waals surface area contributed by atoms with Gasteiger partial charge < -0.3 is 24.8 Å². The largest absolute Gasteiger partial charge is 1.00 e. The molecular formula is C23H35Cl2O2Ti. The third-order valence-electron chi connectivity index (χ3n) is 4.97. The maximum Gasteiger partial charge on any atom is -1.00 e. The van der Waals surface area contributed by atoms with Crippen LogP contribution in [0.4, 0.5) is 0 Å². The summed E-state index contributed by atoms with van der Waals surface area (Å²) < 4.78 is 14.5. The Morgan fingerprint density at radius 2 is 1.71 bits per heavy atom. The molecule has 5 heteroatoms. The number of rotatable bonds is 6. The van der Waals surface area contributed by atoms with Gasteiger partial charge in [-0.2, -0.15) is 0 Å². The van der Waals surface area contributed by atoms with Gasteiger partial charge in [-0.25, -0.2) is 0 Å². The molecule has 28 heavy (non-hydrogen) atoms. The molecule has 0 amide bonds. The first kappa shape index (κ1) is 28.0. The first-order valence-electron chi connectivity index (χ1n) is 9.87. The van der Waals surface area contributed by atoms with Gasteiger partial charge in [-0.05, 0) is 0 Å². The van der Waals surface area contributed by atoms with Crippen molar-refractivity contribution in [3.8, 4) is 0 Å². The molecule has 0 fully saturated rings. The summed E-state index contributed by atoms with van der Waals surface area (Å²) >= 11 is 2.15. The second kappa shape index (κ2) is 10.9. The van der Waals surface area contributed by atoms with E-state index in [-0.39, 0.29) is 35.6 Å². The zero-order valence-corrected chi connectivity index (χ0v) is 21.5. The Bertz CT molecular complexity index is 648. The predicted octanol–water partition coefficient (Wildman–Crippen LogP) is 0.591. The summed E-state index contributed by atoms with van der Waals surface area (Å²) in [6, 6.07) is 0. The van der Waals surface area contributed by atoms with Crippen LogP contribution in [-0.4, -0.2) is 12.4 Å². The smallest absolute Gasteiger partial charge is 1.00 e. The zero-order valence-electron chi connectivity index (χ0n) is 18.4. The van der Waals surface area contributed by atoms with E-state index in [1.54, 1.807) is 0 Å². The van der Waals surface area contributed by atoms with Crippen molar-refractivity contribution in [1.82, 2.24) is 0 Å². The fraction of sp³-hybridized carbons (Fsp3) is 0.652. The van der Waals surface area contributed by atoms with Crippen molar-refractivity contribution in [1.29, 1.82) is 0 Å². The van der Waals surface area contributed by atoms with Crippen LogP contribution in [0.1, 0.15) is 74.1 Å². The SMILES string of the molecule is CCCCOC1(OC2=[C]([Ti+2])CC=C2)CC=C(C(C)(C)C)C=C1C(C)(C)C.[Cl-].[Cl-]. The summed E-state index contributed by atoms with van der Waals surface area (Å²) in [5.41, 5.74) is 2.70. The Labute approximate surface area is 196 Å². The van der Waals surface area contributed by atoms with Crippen LogP contribution in [0.2, 0.25) is 0 Å². The van der Waals surface area contributed by atoms with Crippen molar-refractivity contribution in [3.63, 3.8) is 0 Å². The van der Waals surface area contributed by atoms with E-state index < -0.39 is 5.79 Å². The van der Waals surface area contributed by atoms with Crippen molar-refractivity contribution in [2.24, 2.45) is 10.8 Å². The molecule has 0 bridgehead atoms. The molecule has 2 nitrogen and oxygen atoms in total. The van der Waals surface area contributed by atoms with Gasteiger partial charge in [-0.3, -0.25) is 0 Å². The molecule has 2 rings (SSSR count). The molecule has 0 heterocycles. The Balaban J connectivity index is 0.00000364. The third kappa shape index (κ3) is 6.78. The Morgan fingerprint density at radius 1 is 1.07 bits per heavy atom. The van der Waals surface area contributed by atoms with Crippen molar-refractivity contribution in [3.05, 3.63) is 45.1 Å². The molecule has 0 spiro atoms. The molecule has 0 saturated carbocycles. The summed E-state index contributed by atoms with van der Waals surface area (Å²) in [7, 11) is 0. The average Bonchev–Trinajstić information content (AvgIpc) is 2.90. The van der Waals surface area contributed by atoms with E-state index in [2.05, 4.69) is 93.2 Å². The van der Waals surface area contributed by atoms with Crippen LogP contribution >= 0.6 is 0 Å². The van der Waals surface area contributed by atoms with Gasteiger partial charge in [0.05, 0.1) is 0 Å². The van der Waals surface area contributed by atoms with Gasteiger partial charge in [0.15, 0.2) is 0 Å². The van der Waals surface area contributed by atoms with Crippen LogP contribution in [-0.2, 0) is 29.9 Å². The first-order valence-corrected chi connectivity index (χ1v) is 10.7. The Hall–Kier alpha value is 0.0143. The van der Waals surface area contributed by atoms with E-state index in [9.17, 15) is 0 Å². The van der Waals surface area contributed by atoms with Gasteiger partial charge in [0.2, 0.25) is 0 Å². The monoisotopic (exact) mass is 461 g/mol. The van der Waals surface area contributed by atoms with E-state index in [0.29, 0.717) is 0 Å². The number of hydrogen-bond donors (Lipinski definition) is 0. The molecule has 0 saturated heterocycles. The molecule has 0 N–H and O–H groups in total. The second-order valence-corrected chi connectivity index (χ2v) is 10.4. The number of unbranched alkanes of at least 4 members (excludes halogenated alkanes) is 1. The number of allylic oxidation sites excluding steroid dienone is 5. The molecule has 0 aromatic carbocycles. The van der Waals surface area contributed by atoms with Crippen LogP contribution in [0.5, 0.6) is 0 Å². The fourth-order valence-corrected chi connectivity index (χ4v) is 3.79. The maximum absolute atomic E-state index is 6.66. The molecule has 1 atom stereocenters. The van der Waals surface area contributed by atoms with Gasteiger partial charge in [0.25, 0.3) is 0 Å². The average molecular weight is 462 g/mol. The van der Waals surface area contributed by atoms with Crippen molar-refractivity contribution in [2.75, 3.05) is 6.61 Å². The molecule has 2 aliphatic carbocycles. The number of ether oxygens (including phenoxy) is 2. The third-order valence-corrected chi connectivity index (χ3v) is 5.68. The minimum absolute atomic E-state index is 0. The molecule has 0 radical (unpaired) electrons. The van der Waals surface area contributed by atoms with E-state index in [4.69, 9.17) is 9.47 Å². The second-order valence-electron chi connectivity index (χ2n) is 9.43. The number of hydrogen-bond acceptors (Lipinski definition) is 2. The fourth-order valence-electron chi connectivity index (χ4n) is 3.39. The van der Waals surface area contributed by atoms with Crippen LogP contribution in [0, 0.1) is 10.8 Å². The summed E-state index contributed by atoms with van der Waals surface area (Å²) in [4.78, 5) is 0. The van der Waals surface area contributed by atoms with Gasteiger partial charge in [0.1, 0.15) is 0 Å². The summed E-state index contributed by atoms with van der Waals surface area (Å²) in [5.74, 6) is 0.275. The zero-order chi connectivity index (χ0) is 19.6.